The molecular weight excluding hydrogens is 249 g/mol. The lowest BCUT2D eigenvalue weighted by molar-refractivity contribution is -0.168. The molecule has 88 valence electrons. The number of aryl methyl sites for hydroxylation is 1. The minimum Gasteiger partial charge on any atom is -0.275 e. The molecule has 1 rings (SSSR count). The third-order valence-corrected chi connectivity index (χ3v) is 2.84. The molecule has 0 saturated heterocycles. The molecule has 0 aliphatic carbocycles. The van der Waals surface area contributed by atoms with E-state index in [1.807, 2.05) is 6.07 Å². The fraction of sp³-hybridized carbons (Fsp3) is 0.364. The Labute approximate surface area is 105 Å². The van der Waals surface area contributed by atoms with Gasteiger partial charge in [-0.2, -0.15) is 0 Å². The standard InChI is InChI=1S/C11H13Cl2NO2/c1-14(16-2)11(15)6-4-8-3-5-9(12)7-10(8)13/h3,5,7H,4,6H2,1-2H3. The van der Waals surface area contributed by atoms with Crippen LogP contribution in [0.3, 0.4) is 0 Å². The van der Waals surface area contributed by atoms with Crippen LogP contribution in [-0.4, -0.2) is 25.1 Å². The Morgan fingerprint density at radius 3 is 2.69 bits per heavy atom. The predicted molar refractivity (Wildman–Crippen MR) is 64.6 cm³/mol. The van der Waals surface area contributed by atoms with Crippen LogP contribution < -0.4 is 0 Å². The largest absolute Gasteiger partial charge is 0.275 e. The van der Waals surface area contributed by atoms with Crippen molar-refractivity contribution in [2.24, 2.45) is 0 Å². The molecular formula is C11H13Cl2NO2. The fourth-order valence-electron chi connectivity index (χ4n) is 1.23. The van der Waals surface area contributed by atoms with Crippen molar-refractivity contribution in [1.82, 2.24) is 5.06 Å². The number of carbonyl (C=O) groups excluding carboxylic acids is 1. The topological polar surface area (TPSA) is 29.5 Å². The van der Waals surface area contributed by atoms with E-state index in [9.17, 15) is 4.79 Å². The molecule has 0 N–H and O–H groups in total. The molecule has 0 aliphatic rings. The Bertz CT molecular complexity index is 382. The van der Waals surface area contributed by atoms with E-state index in [0.29, 0.717) is 22.9 Å². The predicted octanol–water partition coefficient (Wildman–Crippen LogP) is 2.95. The first-order chi connectivity index (χ1) is 7.54. The summed E-state index contributed by atoms with van der Waals surface area (Å²) in [6.07, 6.45) is 0.925. The summed E-state index contributed by atoms with van der Waals surface area (Å²) >= 11 is 11.8. The zero-order valence-electron chi connectivity index (χ0n) is 9.17. The van der Waals surface area contributed by atoms with Gasteiger partial charge in [0, 0.05) is 23.5 Å². The van der Waals surface area contributed by atoms with Crippen molar-refractivity contribution in [2.75, 3.05) is 14.2 Å². The number of carbonyl (C=O) groups is 1. The molecule has 3 nitrogen and oxygen atoms in total. The van der Waals surface area contributed by atoms with E-state index in [2.05, 4.69) is 0 Å². The first kappa shape index (κ1) is 13.3. The smallest absolute Gasteiger partial charge is 0.246 e. The quantitative estimate of drug-likeness (QED) is 0.781. The van der Waals surface area contributed by atoms with Gasteiger partial charge in [-0.1, -0.05) is 29.3 Å². The van der Waals surface area contributed by atoms with Crippen molar-refractivity contribution in [3.63, 3.8) is 0 Å². The van der Waals surface area contributed by atoms with Gasteiger partial charge in [-0.25, -0.2) is 5.06 Å². The highest BCUT2D eigenvalue weighted by atomic mass is 35.5. The van der Waals surface area contributed by atoms with E-state index in [-0.39, 0.29) is 5.91 Å². The minimum atomic E-state index is -0.0893. The monoisotopic (exact) mass is 261 g/mol. The molecule has 5 heteroatoms. The van der Waals surface area contributed by atoms with E-state index in [4.69, 9.17) is 28.0 Å². The van der Waals surface area contributed by atoms with Gasteiger partial charge in [0.15, 0.2) is 0 Å². The van der Waals surface area contributed by atoms with Gasteiger partial charge in [-0.15, -0.1) is 0 Å². The van der Waals surface area contributed by atoms with Crippen LogP contribution in [0.25, 0.3) is 0 Å². The summed E-state index contributed by atoms with van der Waals surface area (Å²) in [5.74, 6) is -0.0893. The average Bonchev–Trinajstić information content (AvgIpc) is 2.26. The highest BCUT2D eigenvalue weighted by Crippen LogP contribution is 2.22. The molecule has 0 unspecified atom stereocenters. The summed E-state index contributed by atoms with van der Waals surface area (Å²) in [7, 11) is 3.03. The van der Waals surface area contributed by atoms with Gasteiger partial charge in [0.1, 0.15) is 0 Å². The number of halogens is 2. The van der Waals surface area contributed by atoms with Crippen LogP contribution in [0.15, 0.2) is 18.2 Å². The lowest BCUT2D eigenvalue weighted by Gasteiger charge is -2.13. The maximum absolute atomic E-state index is 11.5. The van der Waals surface area contributed by atoms with Crippen molar-refractivity contribution < 1.29 is 9.63 Å². The summed E-state index contributed by atoms with van der Waals surface area (Å²) in [4.78, 5) is 16.2. The second-order valence-electron chi connectivity index (χ2n) is 3.31. The fourth-order valence-corrected chi connectivity index (χ4v) is 1.73. The molecule has 0 atom stereocenters. The maximum Gasteiger partial charge on any atom is 0.246 e. The molecule has 0 fully saturated rings. The Hall–Kier alpha value is -0.770. The number of hydrogen-bond acceptors (Lipinski definition) is 2. The van der Waals surface area contributed by atoms with Crippen LogP contribution in [-0.2, 0) is 16.1 Å². The number of amides is 1. The Morgan fingerprint density at radius 2 is 2.12 bits per heavy atom. The zero-order chi connectivity index (χ0) is 12.1. The Kier molecular flexibility index (Phi) is 5.06. The first-order valence-electron chi connectivity index (χ1n) is 4.79. The maximum atomic E-state index is 11.5. The first-order valence-corrected chi connectivity index (χ1v) is 5.54. The molecule has 0 aromatic heterocycles. The zero-order valence-corrected chi connectivity index (χ0v) is 10.7. The molecule has 0 bridgehead atoms. The van der Waals surface area contributed by atoms with Gasteiger partial charge in [0.05, 0.1) is 7.11 Å². The lowest BCUT2D eigenvalue weighted by atomic mass is 10.1. The molecule has 16 heavy (non-hydrogen) atoms. The van der Waals surface area contributed by atoms with Gasteiger partial charge in [-0.05, 0) is 24.1 Å². The van der Waals surface area contributed by atoms with Gasteiger partial charge in [-0.3, -0.25) is 9.63 Å². The SMILES string of the molecule is CON(C)C(=O)CCc1ccc(Cl)cc1Cl. The van der Waals surface area contributed by atoms with Gasteiger partial charge in [0.25, 0.3) is 0 Å². The summed E-state index contributed by atoms with van der Waals surface area (Å²) in [5.41, 5.74) is 0.906. The summed E-state index contributed by atoms with van der Waals surface area (Å²) in [5, 5.41) is 2.37. The molecule has 0 aliphatic heterocycles. The summed E-state index contributed by atoms with van der Waals surface area (Å²) < 4.78 is 0. The number of rotatable bonds is 4. The Balaban J connectivity index is 2.58. The normalized spacial score (nSPS) is 10.2. The third-order valence-electron chi connectivity index (χ3n) is 2.25. The number of hydroxylamine groups is 2. The van der Waals surface area contributed by atoms with Gasteiger partial charge >= 0.3 is 0 Å². The van der Waals surface area contributed by atoms with Crippen LogP contribution in [0.2, 0.25) is 10.0 Å². The highest BCUT2D eigenvalue weighted by molar-refractivity contribution is 6.35. The molecule has 0 saturated carbocycles. The Morgan fingerprint density at radius 1 is 1.44 bits per heavy atom. The summed E-state index contributed by atoms with van der Waals surface area (Å²) in [6.45, 7) is 0. The number of hydrogen-bond donors (Lipinski definition) is 0. The second kappa shape index (κ2) is 6.09. The van der Waals surface area contributed by atoms with E-state index in [1.54, 1.807) is 19.2 Å². The highest BCUT2D eigenvalue weighted by Gasteiger charge is 2.09. The van der Waals surface area contributed by atoms with E-state index in [0.717, 1.165) is 5.56 Å². The molecule has 0 spiro atoms. The van der Waals surface area contributed by atoms with Crippen LogP contribution in [0.4, 0.5) is 0 Å². The van der Waals surface area contributed by atoms with Crippen molar-refractivity contribution >= 4 is 29.1 Å². The van der Waals surface area contributed by atoms with Gasteiger partial charge < -0.3 is 0 Å². The second-order valence-corrected chi connectivity index (χ2v) is 4.15. The van der Waals surface area contributed by atoms with E-state index >= 15 is 0 Å². The molecule has 1 aromatic rings. The average molecular weight is 262 g/mol. The van der Waals surface area contributed by atoms with Crippen molar-refractivity contribution in [3.8, 4) is 0 Å². The molecule has 0 heterocycles. The van der Waals surface area contributed by atoms with Crippen LogP contribution in [0.5, 0.6) is 0 Å². The molecule has 0 radical (unpaired) electrons. The van der Waals surface area contributed by atoms with Crippen molar-refractivity contribution in [3.05, 3.63) is 33.8 Å². The van der Waals surface area contributed by atoms with Crippen LogP contribution in [0.1, 0.15) is 12.0 Å². The molecule has 1 aromatic carbocycles. The van der Waals surface area contributed by atoms with Crippen molar-refractivity contribution in [2.45, 2.75) is 12.8 Å². The van der Waals surface area contributed by atoms with Crippen LogP contribution >= 0.6 is 23.2 Å². The third kappa shape index (κ3) is 3.67. The van der Waals surface area contributed by atoms with E-state index in [1.165, 1.54) is 12.2 Å². The lowest BCUT2D eigenvalue weighted by Crippen LogP contribution is -2.25. The summed E-state index contributed by atoms with van der Waals surface area (Å²) in [6, 6.07) is 5.25. The van der Waals surface area contributed by atoms with Crippen LogP contribution in [0, 0.1) is 0 Å². The van der Waals surface area contributed by atoms with E-state index < -0.39 is 0 Å². The van der Waals surface area contributed by atoms with Crippen molar-refractivity contribution in [1.29, 1.82) is 0 Å². The van der Waals surface area contributed by atoms with Gasteiger partial charge in [0.2, 0.25) is 5.91 Å². The number of nitrogens with zero attached hydrogens (tertiary/aromatic N) is 1. The number of benzene rings is 1. The minimum absolute atomic E-state index is 0.0893. The molecule has 1 amide bonds.